The Morgan fingerprint density at radius 2 is 1.90 bits per heavy atom. The number of amides is 1. The second-order valence-electron chi connectivity index (χ2n) is 6.12. The van der Waals surface area contributed by atoms with E-state index in [2.05, 4.69) is 15.5 Å². The number of thioether (sulfide) groups is 1. The Hall–Kier alpha value is -3.52. The van der Waals surface area contributed by atoms with Crippen molar-refractivity contribution in [3.05, 3.63) is 73.0 Å². The highest BCUT2D eigenvalue weighted by Crippen LogP contribution is 2.25. The van der Waals surface area contributed by atoms with Crippen LogP contribution >= 0.6 is 11.8 Å². The SMILES string of the molecule is Cn1c(SCC(=O)Nc2cccc(Oc3ccccc3)c2)nnc1-c1ccco1. The van der Waals surface area contributed by atoms with Crippen LogP contribution in [0.3, 0.4) is 0 Å². The summed E-state index contributed by atoms with van der Waals surface area (Å²) in [5.41, 5.74) is 0.665. The molecule has 8 heteroatoms. The average Bonchev–Trinajstić information content (AvgIpc) is 3.37. The molecule has 146 valence electrons. The number of para-hydroxylation sites is 1. The van der Waals surface area contributed by atoms with Gasteiger partial charge in [-0.25, -0.2) is 0 Å². The Balaban J connectivity index is 1.35. The fourth-order valence-electron chi connectivity index (χ4n) is 2.65. The summed E-state index contributed by atoms with van der Waals surface area (Å²) >= 11 is 1.30. The molecule has 1 N–H and O–H groups in total. The maximum Gasteiger partial charge on any atom is 0.234 e. The molecule has 2 aromatic heterocycles. The number of nitrogens with one attached hydrogen (secondary N) is 1. The van der Waals surface area contributed by atoms with Crippen LogP contribution in [0.15, 0.2) is 82.6 Å². The zero-order valence-electron chi connectivity index (χ0n) is 15.6. The van der Waals surface area contributed by atoms with E-state index in [-0.39, 0.29) is 11.7 Å². The van der Waals surface area contributed by atoms with Gasteiger partial charge in [0.25, 0.3) is 0 Å². The molecule has 0 fully saturated rings. The molecule has 4 aromatic rings. The van der Waals surface area contributed by atoms with Crippen molar-refractivity contribution in [3.63, 3.8) is 0 Å². The van der Waals surface area contributed by atoms with Crippen LogP contribution < -0.4 is 10.1 Å². The molecule has 1 amide bonds. The average molecular weight is 406 g/mol. The predicted molar refractivity (Wildman–Crippen MR) is 111 cm³/mol. The number of hydrogen-bond acceptors (Lipinski definition) is 6. The van der Waals surface area contributed by atoms with Gasteiger partial charge in [-0.15, -0.1) is 10.2 Å². The van der Waals surface area contributed by atoms with Crippen LogP contribution in [0.4, 0.5) is 5.69 Å². The molecule has 0 saturated heterocycles. The lowest BCUT2D eigenvalue weighted by molar-refractivity contribution is -0.113. The molecule has 0 spiro atoms. The van der Waals surface area contributed by atoms with E-state index in [1.54, 1.807) is 23.0 Å². The number of hydrogen-bond donors (Lipinski definition) is 1. The molecular formula is C21H18N4O3S. The van der Waals surface area contributed by atoms with Gasteiger partial charge < -0.3 is 19.0 Å². The number of aromatic nitrogens is 3. The molecule has 0 saturated carbocycles. The molecule has 0 aliphatic carbocycles. The first kappa shape index (κ1) is 18.8. The van der Waals surface area contributed by atoms with Crippen molar-refractivity contribution >= 4 is 23.4 Å². The fraction of sp³-hybridized carbons (Fsp3) is 0.0952. The molecule has 0 radical (unpaired) electrons. The number of anilines is 1. The number of ether oxygens (including phenoxy) is 1. The summed E-state index contributed by atoms with van der Waals surface area (Å²) in [5, 5.41) is 11.8. The molecule has 29 heavy (non-hydrogen) atoms. The van der Waals surface area contributed by atoms with Crippen LogP contribution in [0.1, 0.15) is 0 Å². The fourth-order valence-corrected chi connectivity index (χ4v) is 3.36. The van der Waals surface area contributed by atoms with Crippen molar-refractivity contribution in [2.24, 2.45) is 7.05 Å². The Morgan fingerprint density at radius 1 is 1.07 bits per heavy atom. The van der Waals surface area contributed by atoms with E-state index in [0.717, 1.165) is 5.75 Å². The van der Waals surface area contributed by atoms with Crippen molar-refractivity contribution < 1.29 is 13.9 Å². The number of benzene rings is 2. The number of carbonyl (C=O) groups is 1. The third-order valence-electron chi connectivity index (χ3n) is 4.01. The van der Waals surface area contributed by atoms with Gasteiger partial charge in [-0.05, 0) is 36.4 Å². The van der Waals surface area contributed by atoms with Crippen LogP contribution in [0, 0.1) is 0 Å². The van der Waals surface area contributed by atoms with Gasteiger partial charge in [0.2, 0.25) is 5.91 Å². The summed E-state index contributed by atoms with van der Waals surface area (Å²) in [6, 6.07) is 20.4. The Morgan fingerprint density at radius 3 is 2.69 bits per heavy atom. The monoisotopic (exact) mass is 406 g/mol. The Kier molecular flexibility index (Phi) is 5.62. The minimum atomic E-state index is -0.144. The summed E-state index contributed by atoms with van der Waals surface area (Å²) in [5.74, 6) is 2.69. The van der Waals surface area contributed by atoms with Crippen molar-refractivity contribution in [3.8, 4) is 23.1 Å². The summed E-state index contributed by atoms with van der Waals surface area (Å²) in [7, 11) is 1.84. The molecule has 0 aliphatic heterocycles. The lowest BCUT2D eigenvalue weighted by Crippen LogP contribution is -2.14. The molecule has 4 rings (SSSR count). The Bertz CT molecular complexity index is 1090. The van der Waals surface area contributed by atoms with Crippen LogP contribution in [-0.2, 0) is 11.8 Å². The van der Waals surface area contributed by atoms with E-state index in [1.165, 1.54) is 11.8 Å². The van der Waals surface area contributed by atoms with E-state index in [9.17, 15) is 4.79 Å². The van der Waals surface area contributed by atoms with Gasteiger partial charge in [0, 0.05) is 18.8 Å². The summed E-state index contributed by atoms with van der Waals surface area (Å²) in [4.78, 5) is 12.4. The maximum absolute atomic E-state index is 12.4. The van der Waals surface area contributed by atoms with E-state index in [4.69, 9.17) is 9.15 Å². The zero-order chi connectivity index (χ0) is 20.1. The minimum Gasteiger partial charge on any atom is -0.461 e. The Labute approximate surface area is 171 Å². The van der Waals surface area contributed by atoms with Gasteiger partial charge in [-0.2, -0.15) is 0 Å². The second-order valence-corrected chi connectivity index (χ2v) is 7.06. The molecule has 0 aliphatic rings. The van der Waals surface area contributed by atoms with Crippen LogP contribution in [0.25, 0.3) is 11.6 Å². The quantitative estimate of drug-likeness (QED) is 0.452. The predicted octanol–water partition coefficient (Wildman–Crippen LogP) is 4.60. The van der Waals surface area contributed by atoms with E-state index in [1.807, 2.05) is 61.6 Å². The van der Waals surface area contributed by atoms with Gasteiger partial charge >= 0.3 is 0 Å². The maximum atomic E-state index is 12.4. The highest BCUT2D eigenvalue weighted by Gasteiger charge is 2.14. The minimum absolute atomic E-state index is 0.144. The third kappa shape index (κ3) is 4.67. The zero-order valence-corrected chi connectivity index (χ0v) is 16.4. The van der Waals surface area contributed by atoms with Gasteiger partial charge in [-0.3, -0.25) is 4.79 Å². The van der Waals surface area contributed by atoms with E-state index in [0.29, 0.717) is 28.2 Å². The third-order valence-corrected chi connectivity index (χ3v) is 5.03. The van der Waals surface area contributed by atoms with E-state index < -0.39 is 0 Å². The first-order valence-corrected chi connectivity index (χ1v) is 9.86. The van der Waals surface area contributed by atoms with Gasteiger partial charge in [0.15, 0.2) is 16.7 Å². The molecule has 0 unspecified atom stereocenters. The van der Waals surface area contributed by atoms with E-state index >= 15 is 0 Å². The number of furan rings is 1. The molecular weight excluding hydrogens is 388 g/mol. The van der Waals surface area contributed by atoms with Crippen LogP contribution in [-0.4, -0.2) is 26.4 Å². The summed E-state index contributed by atoms with van der Waals surface area (Å²) in [6.07, 6.45) is 1.58. The molecule has 2 aromatic carbocycles. The first-order valence-electron chi connectivity index (χ1n) is 8.88. The first-order chi connectivity index (χ1) is 14.2. The summed E-state index contributed by atoms with van der Waals surface area (Å²) in [6.45, 7) is 0. The molecule has 2 heterocycles. The van der Waals surface area contributed by atoms with Gasteiger partial charge in [0.1, 0.15) is 11.5 Å². The largest absolute Gasteiger partial charge is 0.461 e. The summed E-state index contributed by atoms with van der Waals surface area (Å²) < 4.78 is 12.9. The van der Waals surface area contributed by atoms with Gasteiger partial charge in [-0.1, -0.05) is 36.0 Å². The molecule has 0 bridgehead atoms. The molecule has 0 atom stereocenters. The van der Waals surface area contributed by atoms with Crippen molar-refractivity contribution in [2.75, 3.05) is 11.1 Å². The lowest BCUT2D eigenvalue weighted by atomic mass is 10.3. The van der Waals surface area contributed by atoms with Crippen LogP contribution in [0.2, 0.25) is 0 Å². The second kappa shape index (κ2) is 8.66. The molecule has 7 nitrogen and oxygen atoms in total. The normalized spacial score (nSPS) is 10.7. The smallest absolute Gasteiger partial charge is 0.234 e. The number of carbonyl (C=O) groups excluding carboxylic acids is 1. The van der Waals surface area contributed by atoms with Crippen molar-refractivity contribution in [2.45, 2.75) is 5.16 Å². The van der Waals surface area contributed by atoms with Gasteiger partial charge in [0.05, 0.1) is 12.0 Å². The van der Waals surface area contributed by atoms with Crippen LogP contribution in [0.5, 0.6) is 11.5 Å². The standard InChI is InChI=1S/C21H18N4O3S/c1-25-20(18-11-6-12-27-18)23-24-21(25)29-14-19(26)22-15-7-5-10-17(13-15)28-16-8-3-2-4-9-16/h2-13H,14H2,1H3,(H,22,26). The van der Waals surface area contributed by atoms with Crippen molar-refractivity contribution in [1.82, 2.24) is 14.8 Å². The number of rotatable bonds is 7. The highest BCUT2D eigenvalue weighted by molar-refractivity contribution is 7.99. The lowest BCUT2D eigenvalue weighted by Gasteiger charge is -2.09. The van der Waals surface area contributed by atoms with Crippen molar-refractivity contribution in [1.29, 1.82) is 0 Å². The highest BCUT2D eigenvalue weighted by atomic mass is 32.2. The number of nitrogens with zero attached hydrogens (tertiary/aromatic N) is 3. The topological polar surface area (TPSA) is 82.2 Å².